The Morgan fingerprint density at radius 3 is 2.29 bits per heavy atom. The van der Waals surface area contributed by atoms with Crippen LogP contribution in [-0.2, 0) is 14.3 Å². The van der Waals surface area contributed by atoms with E-state index in [0.29, 0.717) is 24.5 Å². The van der Waals surface area contributed by atoms with E-state index in [9.17, 15) is 9.59 Å². The molecule has 124 valence electrons. The van der Waals surface area contributed by atoms with Gasteiger partial charge in [-0.1, -0.05) is 46.0 Å². The standard InChI is InChI=1S/C16H30O4S/c1-14(2)8-6-4-3-5-7-11-20-16(19)10-13-21-12-9-15(17)18/h14H,3-13H2,1-2H3,(H,17,18). The van der Waals surface area contributed by atoms with Crippen molar-refractivity contribution in [1.82, 2.24) is 0 Å². The first-order chi connectivity index (χ1) is 10.0. The average molecular weight is 318 g/mol. The van der Waals surface area contributed by atoms with Crippen LogP contribution in [0.1, 0.15) is 65.2 Å². The van der Waals surface area contributed by atoms with Crippen LogP contribution in [0.15, 0.2) is 0 Å². The van der Waals surface area contributed by atoms with Gasteiger partial charge < -0.3 is 9.84 Å². The molecule has 0 aromatic carbocycles. The number of carbonyl (C=O) groups is 2. The monoisotopic (exact) mass is 318 g/mol. The molecule has 1 N–H and O–H groups in total. The average Bonchev–Trinajstić information content (AvgIpc) is 2.40. The van der Waals surface area contributed by atoms with Crippen molar-refractivity contribution >= 4 is 23.7 Å². The summed E-state index contributed by atoms with van der Waals surface area (Å²) in [6, 6.07) is 0. The molecule has 0 spiro atoms. The number of ether oxygens (including phenoxy) is 1. The highest BCUT2D eigenvalue weighted by molar-refractivity contribution is 7.99. The number of hydrogen-bond donors (Lipinski definition) is 1. The van der Waals surface area contributed by atoms with Crippen LogP contribution in [0.25, 0.3) is 0 Å². The maximum absolute atomic E-state index is 11.4. The third kappa shape index (κ3) is 17.2. The number of unbranched alkanes of at least 4 members (excludes halogenated alkanes) is 4. The molecule has 4 nitrogen and oxygen atoms in total. The first-order valence-corrected chi connectivity index (χ1v) is 9.13. The van der Waals surface area contributed by atoms with E-state index in [1.807, 2.05) is 0 Å². The molecule has 0 atom stereocenters. The first kappa shape index (κ1) is 20.3. The molecule has 0 aliphatic carbocycles. The van der Waals surface area contributed by atoms with Gasteiger partial charge in [-0.25, -0.2) is 0 Å². The molecule has 0 amide bonds. The Balaban J connectivity index is 3.21. The number of carboxylic acid groups (broad SMARTS) is 1. The van der Waals surface area contributed by atoms with Gasteiger partial charge in [-0.3, -0.25) is 9.59 Å². The molecule has 0 saturated heterocycles. The predicted molar refractivity (Wildman–Crippen MR) is 87.7 cm³/mol. The quantitative estimate of drug-likeness (QED) is 0.385. The molecule has 0 fully saturated rings. The van der Waals surface area contributed by atoms with E-state index in [2.05, 4.69) is 13.8 Å². The lowest BCUT2D eigenvalue weighted by atomic mass is 10.0. The molecular formula is C16H30O4S. The smallest absolute Gasteiger partial charge is 0.306 e. The van der Waals surface area contributed by atoms with Crippen LogP contribution in [-0.4, -0.2) is 35.2 Å². The van der Waals surface area contributed by atoms with E-state index in [1.54, 1.807) is 0 Å². The highest BCUT2D eigenvalue weighted by atomic mass is 32.2. The lowest BCUT2D eigenvalue weighted by Crippen LogP contribution is -2.07. The molecule has 0 heterocycles. The molecule has 21 heavy (non-hydrogen) atoms. The van der Waals surface area contributed by atoms with E-state index in [-0.39, 0.29) is 12.4 Å². The fourth-order valence-corrected chi connectivity index (χ4v) is 2.69. The zero-order chi connectivity index (χ0) is 15.9. The van der Waals surface area contributed by atoms with Crippen molar-refractivity contribution in [3.63, 3.8) is 0 Å². The Labute approximate surface area is 133 Å². The summed E-state index contributed by atoms with van der Waals surface area (Å²) in [7, 11) is 0. The number of hydrogen-bond acceptors (Lipinski definition) is 4. The summed E-state index contributed by atoms with van der Waals surface area (Å²) in [6.45, 7) is 5.02. The number of carboxylic acids is 1. The molecule has 0 saturated carbocycles. The minimum absolute atomic E-state index is 0.149. The second kappa shape index (κ2) is 14.2. The maximum atomic E-state index is 11.4. The number of esters is 1. The van der Waals surface area contributed by atoms with Crippen LogP contribution in [0.2, 0.25) is 0 Å². The summed E-state index contributed by atoms with van der Waals surface area (Å²) < 4.78 is 5.15. The van der Waals surface area contributed by atoms with Crippen molar-refractivity contribution in [2.75, 3.05) is 18.1 Å². The zero-order valence-electron chi connectivity index (χ0n) is 13.4. The number of rotatable bonds is 14. The van der Waals surface area contributed by atoms with Gasteiger partial charge in [-0.2, -0.15) is 11.8 Å². The largest absolute Gasteiger partial charge is 0.481 e. The van der Waals surface area contributed by atoms with Gasteiger partial charge in [0.2, 0.25) is 0 Å². The van der Waals surface area contributed by atoms with Gasteiger partial charge in [0.15, 0.2) is 0 Å². The van der Waals surface area contributed by atoms with Crippen LogP contribution in [0, 0.1) is 5.92 Å². The maximum Gasteiger partial charge on any atom is 0.306 e. The van der Waals surface area contributed by atoms with Gasteiger partial charge in [-0.15, -0.1) is 0 Å². The lowest BCUT2D eigenvalue weighted by Gasteiger charge is -2.06. The number of carbonyl (C=O) groups excluding carboxylic acids is 1. The molecule has 0 aliphatic rings. The second-order valence-corrected chi connectivity index (χ2v) is 6.90. The van der Waals surface area contributed by atoms with Gasteiger partial charge in [0.05, 0.1) is 19.4 Å². The van der Waals surface area contributed by atoms with Crippen molar-refractivity contribution in [2.45, 2.75) is 65.2 Å². The van der Waals surface area contributed by atoms with Gasteiger partial charge in [-0.05, 0) is 12.3 Å². The highest BCUT2D eigenvalue weighted by Crippen LogP contribution is 2.10. The zero-order valence-corrected chi connectivity index (χ0v) is 14.3. The molecular weight excluding hydrogens is 288 g/mol. The summed E-state index contributed by atoms with van der Waals surface area (Å²) in [5.41, 5.74) is 0. The van der Waals surface area contributed by atoms with Crippen molar-refractivity contribution in [1.29, 1.82) is 0 Å². The molecule has 0 aliphatic heterocycles. The van der Waals surface area contributed by atoms with Crippen molar-refractivity contribution in [3.05, 3.63) is 0 Å². The van der Waals surface area contributed by atoms with Crippen LogP contribution >= 0.6 is 11.8 Å². The fourth-order valence-electron chi connectivity index (χ4n) is 1.86. The van der Waals surface area contributed by atoms with Crippen molar-refractivity contribution < 1.29 is 19.4 Å². The minimum atomic E-state index is -0.793. The van der Waals surface area contributed by atoms with Crippen molar-refractivity contribution in [3.8, 4) is 0 Å². The Kier molecular flexibility index (Phi) is 13.8. The first-order valence-electron chi connectivity index (χ1n) is 7.97. The van der Waals surface area contributed by atoms with Gasteiger partial charge >= 0.3 is 11.9 Å². The van der Waals surface area contributed by atoms with E-state index in [1.165, 1.54) is 37.4 Å². The van der Waals surface area contributed by atoms with Crippen LogP contribution in [0.5, 0.6) is 0 Å². The van der Waals surface area contributed by atoms with Crippen molar-refractivity contribution in [2.24, 2.45) is 5.92 Å². The fraction of sp³-hybridized carbons (Fsp3) is 0.875. The summed E-state index contributed by atoms with van der Waals surface area (Å²) in [5.74, 6) is 1.02. The molecule has 5 heteroatoms. The minimum Gasteiger partial charge on any atom is -0.481 e. The van der Waals surface area contributed by atoms with Crippen LogP contribution in [0.4, 0.5) is 0 Å². The summed E-state index contributed by atoms with van der Waals surface area (Å²) in [6.07, 6.45) is 7.68. The third-order valence-corrected chi connectivity index (χ3v) is 4.09. The Morgan fingerprint density at radius 1 is 1.00 bits per heavy atom. The SMILES string of the molecule is CC(C)CCCCCCCOC(=O)CCSCCC(=O)O. The molecule has 0 unspecified atom stereocenters. The third-order valence-electron chi connectivity index (χ3n) is 3.10. The highest BCUT2D eigenvalue weighted by Gasteiger charge is 2.03. The predicted octanol–water partition coefficient (Wildman–Crippen LogP) is 4.12. The summed E-state index contributed by atoms with van der Waals surface area (Å²) in [4.78, 5) is 21.7. The van der Waals surface area contributed by atoms with Gasteiger partial charge in [0.25, 0.3) is 0 Å². The summed E-state index contributed by atoms with van der Waals surface area (Å²) >= 11 is 1.48. The number of aliphatic carboxylic acids is 1. The Morgan fingerprint density at radius 2 is 1.62 bits per heavy atom. The Hall–Kier alpha value is -0.710. The van der Waals surface area contributed by atoms with E-state index >= 15 is 0 Å². The topological polar surface area (TPSA) is 63.6 Å². The molecule has 0 aromatic rings. The van der Waals surface area contributed by atoms with Gasteiger partial charge in [0, 0.05) is 11.5 Å². The molecule has 0 bridgehead atoms. The van der Waals surface area contributed by atoms with Crippen LogP contribution < -0.4 is 0 Å². The van der Waals surface area contributed by atoms with E-state index < -0.39 is 5.97 Å². The normalized spacial score (nSPS) is 10.8. The second-order valence-electron chi connectivity index (χ2n) is 5.68. The number of thioether (sulfide) groups is 1. The Bertz CT molecular complexity index is 279. The van der Waals surface area contributed by atoms with Crippen LogP contribution in [0.3, 0.4) is 0 Å². The molecule has 0 radical (unpaired) electrons. The summed E-state index contributed by atoms with van der Waals surface area (Å²) in [5, 5.41) is 8.46. The van der Waals surface area contributed by atoms with Gasteiger partial charge in [0.1, 0.15) is 0 Å². The molecule has 0 aromatic heterocycles. The molecule has 0 rings (SSSR count). The lowest BCUT2D eigenvalue weighted by molar-refractivity contribution is -0.143. The van der Waals surface area contributed by atoms with E-state index in [0.717, 1.165) is 18.8 Å². The van der Waals surface area contributed by atoms with E-state index in [4.69, 9.17) is 9.84 Å².